The van der Waals surface area contributed by atoms with E-state index in [4.69, 9.17) is 5.11 Å². The van der Waals surface area contributed by atoms with E-state index in [9.17, 15) is 14.0 Å². The fourth-order valence-corrected chi connectivity index (χ4v) is 2.72. The fourth-order valence-electron chi connectivity index (χ4n) is 2.72. The van der Waals surface area contributed by atoms with Crippen molar-refractivity contribution >= 4 is 23.2 Å². The number of rotatable bonds is 4. The number of hydrogen-bond donors (Lipinski definition) is 2. The van der Waals surface area contributed by atoms with E-state index in [-0.39, 0.29) is 18.1 Å². The zero-order valence-corrected chi connectivity index (χ0v) is 13.0. The number of hydrogen-bond acceptors (Lipinski definition) is 3. The number of halogens is 1. The van der Waals surface area contributed by atoms with Crippen molar-refractivity contribution in [2.75, 3.05) is 16.8 Å². The van der Waals surface area contributed by atoms with Gasteiger partial charge in [-0.15, -0.1) is 0 Å². The molecule has 1 aliphatic rings. The highest BCUT2D eigenvalue weighted by molar-refractivity contribution is 6.06. The van der Waals surface area contributed by atoms with Gasteiger partial charge in [0.1, 0.15) is 5.82 Å². The van der Waals surface area contributed by atoms with Crippen LogP contribution in [0.4, 0.5) is 15.8 Å². The van der Waals surface area contributed by atoms with Crippen molar-refractivity contribution < 1.29 is 19.1 Å². The highest BCUT2D eigenvalue weighted by atomic mass is 19.1. The molecule has 0 radical (unpaired) electrons. The molecule has 2 amide bonds. The van der Waals surface area contributed by atoms with Gasteiger partial charge in [0, 0.05) is 24.3 Å². The maximum Gasteiger partial charge on any atom is 0.258 e. The van der Waals surface area contributed by atoms with Gasteiger partial charge in [0.15, 0.2) is 0 Å². The van der Waals surface area contributed by atoms with Crippen LogP contribution in [0.5, 0.6) is 0 Å². The molecule has 2 aromatic carbocycles. The predicted molar refractivity (Wildman–Crippen MR) is 88.3 cm³/mol. The second-order valence-electron chi connectivity index (χ2n) is 5.63. The van der Waals surface area contributed by atoms with Crippen molar-refractivity contribution in [3.05, 3.63) is 59.4 Å². The quantitative estimate of drug-likeness (QED) is 0.906. The van der Waals surface area contributed by atoms with E-state index in [2.05, 4.69) is 5.32 Å². The molecule has 1 aliphatic heterocycles. The summed E-state index contributed by atoms with van der Waals surface area (Å²) in [5.74, 6) is -1.28. The van der Waals surface area contributed by atoms with Crippen molar-refractivity contribution in [1.29, 1.82) is 0 Å². The van der Waals surface area contributed by atoms with E-state index >= 15 is 0 Å². The molecule has 1 saturated heterocycles. The lowest BCUT2D eigenvalue weighted by molar-refractivity contribution is -0.117. The number of carbonyl (C=O) groups is 2. The van der Waals surface area contributed by atoms with Crippen LogP contribution in [0, 0.1) is 5.82 Å². The van der Waals surface area contributed by atoms with Gasteiger partial charge in [-0.2, -0.15) is 0 Å². The Labute approximate surface area is 138 Å². The van der Waals surface area contributed by atoms with Crippen LogP contribution in [0.3, 0.4) is 0 Å². The van der Waals surface area contributed by atoms with Crippen LogP contribution >= 0.6 is 0 Å². The molecule has 0 aliphatic carbocycles. The molecular formula is C18H17FN2O3. The van der Waals surface area contributed by atoms with Gasteiger partial charge in [-0.25, -0.2) is 4.39 Å². The number of carbonyl (C=O) groups excluding carboxylic acids is 2. The average molecular weight is 328 g/mol. The third kappa shape index (κ3) is 3.28. The highest BCUT2D eigenvalue weighted by Gasteiger charge is 2.23. The van der Waals surface area contributed by atoms with E-state index in [1.165, 1.54) is 18.2 Å². The van der Waals surface area contributed by atoms with Crippen molar-refractivity contribution in [3.8, 4) is 0 Å². The second-order valence-corrected chi connectivity index (χ2v) is 5.63. The Morgan fingerprint density at radius 1 is 1.25 bits per heavy atom. The van der Waals surface area contributed by atoms with Crippen LogP contribution in [-0.4, -0.2) is 23.5 Å². The lowest BCUT2D eigenvalue weighted by Gasteiger charge is -2.17. The van der Waals surface area contributed by atoms with Gasteiger partial charge in [0.25, 0.3) is 5.91 Å². The van der Waals surface area contributed by atoms with Crippen molar-refractivity contribution in [2.24, 2.45) is 0 Å². The summed E-state index contributed by atoms with van der Waals surface area (Å²) in [6, 6.07) is 10.8. The number of nitrogens with zero attached hydrogens (tertiary/aromatic N) is 1. The Morgan fingerprint density at radius 2 is 2.08 bits per heavy atom. The minimum absolute atomic E-state index is 0.0244. The van der Waals surface area contributed by atoms with Crippen molar-refractivity contribution in [3.63, 3.8) is 0 Å². The molecule has 6 heteroatoms. The Morgan fingerprint density at radius 3 is 2.79 bits per heavy atom. The minimum atomic E-state index is -0.652. The lowest BCUT2D eigenvalue weighted by Crippen LogP contribution is -2.24. The molecule has 0 aromatic heterocycles. The molecule has 5 nitrogen and oxygen atoms in total. The molecule has 3 rings (SSSR count). The minimum Gasteiger partial charge on any atom is -0.392 e. The van der Waals surface area contributed by atoms with Crippen LogP contribution < -0.4 is 10.2 Å². The normalized spacial score (nSPS) is 14.1. The Balaban J connectivity index is 1.84. The molecule has 0 bridgehead atoms. The smallest absolute Gasteiger partial charge is 0.258 e. The first kappa shape index (κ1) is 16.1. The summed E-state index contributed by atoms with van der Waals surface area (Å²) < 4.78 is 14.0. The van der Waals surface area contributed by atoms with Crippen LogP contribution in [0.15, 0.2) is 42.5 Å². The maximum absolute atomic E-state index is 14.0. The molecule has 24 heavy (non-hydrogen) atoms. The number of nitrogens with one attached hydrogen (secondary N) is 1. The van der Waals surface area contributed by atoms with Gasteiger partial charge in [0.05, 0.1) is 12.2 Å². The Kier molecular flexibility index (Phi) is 4.57. The fraction of sp³-hybridized carbons (Fsp3) is 0.222. The molecule has 0 unspecified atom stereocenters. The first-order chi connectivity index (χ1) is 11.6. The van der Waals surface area contributed by atoms with E-state index in [1.54, 1.807) is 29.2 Å². The first-order valence-corrected chi connectivity index (χ1v) is 7.69. The Bertz CT molecular complexity index is 792. The molecule has 0 atom stereocenters. The topological polar surface area (TPSA) is 69.6 Å². The summed E-state index contributed by atoms with van der Waals surface area (Å²) in [4.78, 5) is 25.7. The SMILES string of the molecule is O=C(Nc1cccc(CO)c1)c1cc(N2CCCC2=O)ccc1F. The van der Waals surface area contributed by atoms with Gasteiger partial charge in [0.2, 0.25) is 5.91 Å². The predicted octanol–water partition coefficient (Wildman–Crippen LogP) is 2.70. The zero-order chi connectivity index (χ0) is 17.1. The Hall–Kier alpha value is -2.73. The largest absolute Gasteiger partial charge is 0.392 e. The number of anilines is 2. The molecule has 2 N–H and O–H groups in total. The summed E-state index contributed by atoms with van der Waals surface area (Å²) in [5, 5.41) is 11.7. The number of benzene rings is 2. The summed E-state index contributed by atoms with van der Waals surface area (Å²) in [6.07, 6.45) is 1.22. The van der Waals surface area contributed by atoms with E-state index in [0.717, 1.165) is 6.42 Å². The third-order valence-corrected chi connectivity index (χ3v) is 3.95. The standard InChI is InChI=1S/C18H17FN2O3/c19-16-7-6-14(21-8-2-5-17(21)23)10-15(16)18(24)20-13-4-1-3-12(9-13)11-22/h1,3-4,6-7,9-10,22H,2,5,8,11H2,(H,20,24). The molecule has 124 valence electrons. The number of aliphatic hydroxyl groups excluding tert-OH is 1. The summed E-state index contributed by atoms with van der Waals surface area (Å²) in [7, 11) is 0. The summed E-state index contributed by atoms with van der Waals surface area (Å²) >= 11 is 0. The number of amides is 2. The molecule has 0 spiro atoms. The van der Waals surface area contributed by atoms with Gasteiger partial charge < -0.3 is 15.3 Å². The van der Waals surface area contributed by atoms with Gasteiger partial charge in [-0.3, -0.25) is 9.59 Å². The van der Waals surface area contributed by atoms with Gasteiger partial charge in [-0.05, 0) is 42.3 Å². The van der Waals surface area contributed by atoms with Crippen molar-refractivity contribution in [2.45, 2.75) is 19.4 Å². The van der Waals surface area contributed by atoms with Gasteiger partial charge in [-0.1, -0.05) is 12.1 Å². The van der Waals surface area contributed by atoms with E-state index in [1.807, 2.05) is 0 Å². The second kappa shape index (κ2) is 6.80. The van der Waals surface area contributed by atoms with E-state index < -0.39 is 11.7 Å². The maximum atomic E-state index is 14.0. The van der Waals surface area contributed by atoms with Crippen LogP contribution in [0.1, 0.15) is 28.8 Å². The van der Waals surface area contributed by atoms with Crippen molar-refractivity contribution in [1.82, 2.24) is 0 Å². The molecular weight excluding hydrogens is 311 g/mol. The van der Waals surface area contributed by atoms with Crippen LogP contribution in [0.2, 0.25) is 0 Å². The van der Waals surface area contributed by atoms with E-state index in [0.29, 0.717) is 29.9 Å². The first-order valence-electron chi connectivity index (χ1n) is 7.69. The summed E-state index contributed by atoms with van der Waals surface area (Å²) in [6.45, 7) is 0.425. The molecule has 2 aromatic rings. The zero-order valence-electron chi connectivity index (χ0n) is 13.0. The monoisotopic (exact) mass is 328 g/mol. The third-order valence-electron chi connectivity index (χ3n) is 3.95. The van der Waals surface area contributed by atoms with Crippen LogP contribution in [0.25, 0.3) is 0 Å². The highest BCUT2D eigenvalue weighted by Crippen LogP contribution is 2.24. The summed E-state index contributed by atoms with van der Waals surface area (Å²) in [5.41, 5.74) is 1.51. The molecule has 1 fully saturated rings. The van der Waals surface area contributed by atoms with Crippen LogP contribution in [-0.2, 0) is 11.4 Å². The van der Waals surface area contributed by atoms with Gasteiger partial charge >= 0.3 is 0 Å². The molecule has 0 saturated carbocycles. The lowest BCUT2D eigenvalue weighted by atomic mass is 10.1. The average Bonchev–Trinajstić information content (AvgIpc) is 3.01. The molecule has 1 heterocycles. The number of aliphatic hydroxyl groups is 1.